The van der Waals surface area contributed by atoms with Crippen molar-refractivity contribution < 1.29 is 48.5 Å². The van der Waals surface area contributed by atoms with Crippen molar-refractivity contribution in [2.24, 2.45) is 5.73 Å². The Morgan fingerprint density at radius 1 is 0.721 bits per heavy atom. The number of phenolic OH excluding ortho intramolecular Hbond substituents is 1. The highest BCUT2D eigenvalue weighted by atomic mass is 16.5. The molecule has 5 aromatic rings. The first-order valence-corrected chi connectivity index (χ1v) is 19.1. The standard InChI is InChI=1S/C47H42N4O10/c1-26(2)61-44-34(15-19-37(43(44)56)40(53)21-28-6-11-33(12-7-28)47(59)60)23-39(52)31-9-4-29(5-10-31)22-41(54)38(24-42(49)55)51-45(57)32-13-16-35(17-14-32)50-46(58)36-18-8-30(25-48)20-27(36)3/h4-20,26,38,56H,21-24H2,1-3H3,(H2,49,55)(H,50,58)(H,51,57)(H,59,60)/t38-/m0/s1. The number of aryl methyl sites for hydroxylation is 1. The van der Waals surface area contributed by atoms with Crippen LogP contribution in [0.4, 0.5) is 5.69 Å². The molecular weight excluding hydrogens is 781 g/mol. The molecule has 1 atom stereocenters. The SMILES string of the molecule is Cc1cc(C#N)ccc1C(=O)Nc1ccc(C(=O)N[C@@H](CC(N)=O)C(=O)Cc2ccc(C(=O)Cc3ccc(C(=O)Cc4ccc(C(=O)O)cc4)c(O)c3OC(C)C)cc2)cc1. The van der Waals surface area contributed by atoms with Gasteiger partial charge >= 0.3 is 5.97 Å². The number of hydrogen-bond acceptors (Lipinski definition) is 10. The molecule has 0 heterocycles. The first-order valence-electron chi connectivity index (χ1n) is 19.1. The Bertz CT molecular complexity index is 2560. The number of rotatable bonds is 18. The van der Waals surface area contributed by atoms with Crippen LogP contribution in [0, 0.1) is 18.3 Å². The number of nitriles is 1. The second-order valence-electron chi connectivity index (χ2n) is 14.5. The van der Waals surface area contributed by atoms with Crippen LogP contribution in [0.1, 0.15) is 99.9 Å². The van der Waals surface area contributed by atoms with E-state index in [0.717, 1.165) is 0 Å². The molecule has 3 amide bonds. The average molecular weight is 823 g/mol. The lowest BCUT2D eigenvalue weighted by molar-refractivity contribution is -0.125. The highest BCUT2D eigenvalue weighted by Gasteiger charge is 2.25. The normalized spacial score (nSPS) is 11.2. The number of nitrogens with one attached hydrogen (secondary N) is 2. The summed E-state index contributed by atoms with van der Waals surface area (Å²) in [5, 5.41) is 34.7. The van der Waals surface area contributed by atoms with Crippen molar-refractivity contribution in [2.45, 2.75) is 58.6 Å². The largest absolute Gasteiger partial charge is 0.504 e. The fourth-order valence-corrected chi connectivity index (χ4v) is 6.38. The summed E-state index contributed by atoms with van der Waals surface area (Å²) in [5.41, 5.74) is 9.08. The number of anilines is 1. The molecule has 5 rings (SSSR count). The van der Waals surface area contributed by atoms with Crippen LogP contribution < -0.4 is 21.1 Å². The number of nitrogens with zero attached hydrogens (tertiary/aromatic N) is 1. The van der Waals surface area contributed by atoms with Gasteiger partial charge in [-0.3, -0.25) is 28.8 Å². The van der Waals surface area contributed by atoms with Gasteiger partial charge in [-0.05, 0) is 98.1 Å². The van der Waals surface area contributed by atoms with Crippen LogP contribution in [0.15, 0.2) is 103 Å². The Kier molecular flexibility index (Phi) is 14.3. The summed E-state index contributed by atoms with van der Waals surface area (Å²) in [6.07, 6.45) is -1.39. The number of ether oxygens (including phenoxy) is 1. The summed E-state index contributed by atoms with van der Waals surface area (Å²) in [7, 11) is 0. The summed E-state index contributed by atoms with van der Waals surface area (Å²) < 4.78 is 5.87. The number of hydrogen-bond donors (Lipinski definition) is 5. The van der Waals surface area contributed by atoms with Gasteiger partial charge in [0.2, 0.25) is 5.91 Å². The summed E-state index contributed by atoms with van der Waals surface area (Å²) in [5.74, 6) is -4.71. The van der Waals surface area contributed by atoms with Crippen molar-refractivity contribution >= 4 is 46.7 Å². The molecule has 0 aliphatic heterocycles. The Labute approximate surface area is 351 Å². The van der Waals surface area contributed by atoms with Crippen molar-refractivity contribution in [1.29, 1.82) is 5.26 Å². The van der Waals surface area contributed by atoms with Gasteiger partial charge < -0.3 is 31.3 Å². The average Bonchev–Trinajstić information content (AvgIpc) is 3.22. The molecule has 0 bridgehead atoms. The van der Waals surface area contributed by atoms with E-state index in [0.29, 0.717) is 39.1 Å². The summed E-state index contributed by atoms with van der Waals surface area (Å²) in [6, 6.07) is 26.3. The summed E-state index contributed by atoms with van der Waals surface area (Å²) in [6.45, 7) is 5.17. The van der Waals surface area contributed by atoms with Crippen molar-refractivity contribution in [3.8, 4) is 17.6 Å². The van der Waals surface area contributed by atoms with Gasteiger partial charge in [0.15, 0.2) is 28.8 Å². The number of aromatic carboxylic acids is 1. The maximum atomic E-state index is 13.4. The van der Waals surface area contributed by atoms with Crippen LogP contribution in [0.5, 0.6) is 11.5 Å². The zero-order chi connectivity index (χ0) is 44.4. The van der Waals surface area contributed by atoms with Gasteiger partial charge in [-0.15, -0.1) is 0 Å². The van der Waals surface area contributed by atoms with Gasteiger partial charge in [-0.25, -0.2) is 4.79 Å². The minimum Gasteiger partial charge on any atom is -0.504 e. The molecule has 14 nitrogen and oxygen atoms in total. The molecule has 0 saturated carbocycles. The number of phenols is 1. The monoisotopic (exact) mass is 822 g/mol. The van der Waals surface area contributed by atoms with E-state index in [1.54, 1.807) is 45.0 Å². The number of carboxylic acid groups (broad SMARTS) is 1. The van der Waals surface area contributed by atoms with Crippen molar-refractivity contribution in [1.82, 2.24) is 5.32 Å². The van der Waals surface area contributed by atoms with Gasteiger partial charge in [0, 0.05) is 47.2 Å². The van der Waals surface area contributed by atoms with Crippen LogP contribution in [0.2, 0.25) is 0 Å². The third-order valence-electron chi connectivity index (χ3n) is 9.54. The van der Waals surface area contributed by atoms with Crippen molar-refractivity contribution in [2.75, 3.05) is 5.32 Å². The predicted molar refractivity (Wildman–Crippen MR) is 224 cm³/mol. The van der Waals surface area contributed by atoms with Gasteiger partial charge in [-0.2, -0.15) is 5.26 Å². The summed E-state index contributed by atoms with van der Waals surface area (Å²) in [4.78, 5) is 89.1. The van der Waals surface area contributed by atoms with Gasteiger partial charge in [0.05, 0.1) is 41.3 Å². The minimum atomic E-state index is -1.26. The van der Waals surface area contributed by atoms with Crippen LogP contribution in [0.3, 0.4) is 0 Å². The Hall–Kier alpha value is -7.92. The smallest absolute Gasteiger partial charge is 0.335 e. The second-order valence-corrected chi connectivity index (χ2v) is 14.5. The minimum absolute atomic E-state index is 0.0161. The fourth-order valence-electron chi connectivity index (χ4n) is 6.38. The lowest BCUT2D eigenvalue weighted by Crippen LogP contribution is -2.44. The van der Waals surface area contributed by atoms with E-state index in [2.05, 4.69) is 10.6 Å². The fraction of sp³-hybridized carbons (Fsp3) is 0.191. The van der Waals surface area contributed by atoms with Crippen molar-refractivity contribution in [3.05, 3.63) is 159 Å². The molecule has 61 heavy (non-hydrogen) atoms. The molecule has 0 aliphatic rings. The Morgan fingerprint density at radius 2 is 1.31 bits per heavy atom. The maximum Gasteiger partial charge on any atom is 0.335 e. The van der Waals surface area contributed by atoms with E-state index in [-0.39, 0.29) is 53.0 Å². The quantitative estimate of drug-likeness (QED) is 0.0647. The molecule has 0 radical (unpaired) electrons. The number of benzene rings is 5. The Balaban J connectivity index is 1.22. The highest BCUT2D eigenvalue weighted by Crippen LogP contribution is 2.36. The van der Waals surface area contributed by atoms with E-state index >= 15 is 0 Å². The maximum absolute atomic E-state index is 13.4. The van der Waals surface area contributed by atoms with Gasteiger partial charge in [-0.1, -0.05) is 42.5 Å². The number of primary amides is 1. The highest BCUT2D eigenvalue weighted by molar-refractivity contribution is 6.06. The van der Waals surface area contributed by atoms with Crippen LogP contribution in [-0.2, 0) is 28.9 Å². The number of carbonyl (C=O) groups excluding carboxylic acids is 6. The molecule has 0 aliphatic carbocycles. The number of nitrogens with two attached hydrogens (primary N) is 1. The third-order valence-corrected chi connectivity index (χ3v) is 9.54. The lowest BCUT2D eigenvalue weighted by Gasteiger charge is -2.18. The van der Waals surface area contributed by atoms with E-state index in [9.17, 15) is 38.7 Å². The van der Waals surface area contributed by atoms with E-state index < -0.39 is 59.6 Å². The number of carboxylic acids is 1. The Morgan fingerprint density at radius 3 is 1.89 bits per heavy atom. The van der Waals surface area contributed by atoms with Crippen molar-refractivity contribution in [3.63, 3.8) is 0 Å². The second kappa shape index (κ2) is 19.7. The van der Waals surface area contributed by atoms with E-state index in [1.807, 2.05) is 6.07 Å². The number of ketones is 3. The predicted octanol–water partition coefficient (Wildman–Crippen LogP) is 5.95. The number of Topliss-reactive ketones (excluding diaryl/α,β-unsaturated/α-hetero) is 3. The molecule has 0 aromatic heterocycles. The van der Waals surface area contributed by atoms with Crippen LogP contribution in [0.25, 0.3) is 0 Å². The molecule has 0 fully saturated rings. The first kappa shape index (κ1) is 44.2. The van der Waals surface area contributed by atoms with Crippen LogP contribution >= 0.6 is 0 Å². The number of amides is 3. The van der Waals surface area contributed by atoms with Gasteiger partial charge in [0.25, 0.3) is 11.8 Å². The molecule has 310 valence electrons. The first-order chi connectivity index (χ1) is 29.0. The molecule has 6 N–H and O–H groups in total. The van der Waals surface area contributed by atoms with Crippen LogP contribution in [-0.4, -0.2) is 63.4 Å². The number of carbonyl (C=O) groups is 7. The molecule has 0 unspecified atom stereocenters. The van der Waals surface area contributed by atoms with E-state index in [4.69, 9.17) is 20.8 Å². The zero-order valence-electron chi connectivity index (χ0n) is 33.5. The third kappa shape index (κ3) is 11.6. The topological polar surface area (TPSA) is 243 Å². The molecule has 0 spiro atoms. The molecule has 5 aromatic carbocycles. The number of aromatic hydroxyl groups is 1. The summed E-state index contributed by atoms with van der Waals surface area (Å²) >= 11 is 0. The zero-order valence-corrected chi connectivity index (χ0v) is 33.5. The molecule has 14 heteroatoms. The molecular formula is C47H42N4O10. The van der Waals surface area contributed by atoms with Gasteiger partial charge in [0.1, 0.15) is 0 Å². The molecule has 0 saturated heterocycles. The lowest BCUT2D eigenvalue weighted by atomic mass is 9.95. The van der Waals surface area contributed by atoms with E-state index in [1.165, 1.54) is 78.9 Å².